The van der Waals surface area contributed by atoms with E-state index in [1.807, 2.05) is 23.1 Å². The van der Waals surface area contributed by atoms with Crippen molar-refractivity contribution in [3.05, 3.63) is 64.4 Å². The third-order valence-electron chi connectivity index (χ3n) is 6.05. The molecule has 2 aromatic carbocycles. The highest BCUT2D eigenvalue weighted by atomic mass is 35.5. The van der Waals surface area contributed by atoms with Gasteiger partial charge in [0.1, 0.15) is 11.3 Å². The minimum Gasteiger partial charge on any atom is -0.492 e. The number of nitrogens with zero attached hydrogens (tertiary/aromatic N) is 1. The SMILES string of the molecule is NCc1ccc2c(c1)C1(CCN(C(=O)c3cc4cc(Cl)ccc4o3)CC1)CO2. The van der Waals surface area contributed by atoms with Gasteiger partial charge in [0, 0.05) is 41.0 Å². The molecule has 1 amide bonds. The molecule has 0 atom stereocenters. The summed E-state index contributed by atoms with van der Waals surface area (Å²) in [6, 6.07) is 13.3. The highest BCUT2D eigenvalue weighted by Crippen LogP contribution is 2.46. The minimum atomic E-state index is -0.0722. The van der Waals surface area contributed by atoms with Crippen LogP contribution in [0.4, 0.5) is 0 Å². The molecule has 5 rings (SSSR count). The minimum absolute atomic E-state index is 0.0291. The van der Waals surface area contributed by atoms with Crippen LogP contribution in [0.2, 0.25) is 5.02 Å². The van der Waals surface area contributed by atoms with Crippen molar-refractivity contribution in [3.8, 4) is 5.75 Å². The molecule has 0 radical (unpaired) electrons. The first-order chi connectivity index (χ1) is 13.6. The van der Waals surface area contributed by atoms with E-state index >= 15 is 0 Å². The normalized spacial score (nSPS) is 17.7. The number of benzene rings is 2. The van der Waals surface area contributed by atoms with Crippen molar-refractivity contribution >= 4 is 28.5 Å². The summed E-state index contributed by atoms with van der Waals surface area (Å²) in [5.41, 5.74) is 8.81. The fourth-order valence-electron chi connectivity index (χ4n) is 4.37. The standard InChI is InChI=1S/C22H21ClN2O3/c23-16-2-4-18-15(10-16)11-20(28-18)21(26)25-7-5-22(6-8-25)13-27-19-3-1-14(12-24)9-17(19)22/h1-4,9-11H,5-8,12-13,24H2. The Balaban J connectivity index is 1.35. The summed E-state index contributed by atoms with van der Waals surface area (Å²) in [7, 11) is 0. The van der Waals surface area contributed by atoms with Crippen molar-refractivity contribution in [3.63, 3.8) is 0 Å². The fraction of sp³-hybridized carbons (Fsp3) is 0.318. The molecule has 2 N–H and O–H groups in total. The van der Waals surface area contributed by atoms with Gasteiger partial charge in [-0.05, 0) is 48.7 Å². The largest absolute Gasteiger partial charge is 0.492 e. The van der Waals surface area contributed by atoms with E-state index in [4.69, 9.17) is 26.5 Å². The lowest BCUT2D eigenvalue weighted by atomic mass is 9.74. The van der Waals surface area contributed by atoms with E-state index < -0.39 is 0 Å². The van der Waals surface area contributed by atoms with Crippen LogP contribution < -0.4 is 10.5 Å². The second-order valence-electron chi connectivity index (χ2n) is 7.69. The number of hydrogen-bond acceptors (Lipinski definition) is 4. The molecule has 0 bridgehead atoms. The maximum Gasteiger partial charge on any atom is 0.289 e. The Morgan fingerprint density at radius 1 is 1.14 bits per heavy atom. The Bertz CT molecular complexity index is 1070. The quantitative estimate of drug-likeness (QED) is 0.707. The van der Waals surface area contributed by atoms with Gasteiger partial charge in [-0.2, -0.15) is 0 Å². The average molecular weight is 397 g/mol. The number of amides is 1. The molecule has 0 aliphatic carbocycles. The molecule has 6 heteroatoms. The van der Waals surface area contributed by atoms with Gasteiger partial charge in [-0.1, -0.05) is 23.7 Å². The summed E-state index contributed by atoms with van der Waals surface area (Å²) in [5.74, 6) is 1.24. The topological polar surface area (TPSA) is 68.7 Å². The summed E-state index contributed by atoms with van der Waals surface area (Å²) < 4.78 is 11.7. The maximum atomic E-state index is 13.0. The van der Waals surface area contributed by atoms with Crippen LogP contribution in [0.5, 0.6) is 5.75 Å². The van der Waals surface area contributed by atoms with Gasteiger partial charge < -0.3 is 19.8 Å². The van der Waals surface area contributed by atoms with Gasteiger partial charge in [-0.25, -0.2) is 0 Å². The smallest absolute Gasteiger partial charge is 0.289 e. The fourth-order valence-corrected chi connectivity index (χ4v) is 4.55. The van der Waals surface area contributed by atoms with Crippen LogP contribution in [0.1, 0.15) is 34.5 Å². The molecule has 1 fully saturated rings. The number of nitrogens with two attached hydrogens (primary N) is 1. The van der Waals surface area contributed by atoms with Gasteiger partial charge >= 0.3 is 0 Å². The van der Waals surface area contributed by atoms with Crippen LogP contribution in [0.3, 0.4) is 0 Å². The van der Waals surface area contributed by atoms with E-state index in [2.05, 4.69) is 6.07 Å². The highest BCUT2D eigenvalue weighted by molar-refractivity contribution is 6.31. The van der Waals surface area contributed by atoms with E-state index in [1.54, 1.807) is 18.2 Å². The van der Waals surface area contributed by atoms with Crippen molar-refractivity contribution in [1.82, 2.24) is 4.90 Å². The zero-order valence-corrected chi connectivity index (χ0v) is 16.2. The lowest BCUT2D eigenvalue weighted by Crippen LogP contribution is -2.46. The van der Waals surface area contributed by atoms with Gasteiger partial charge in [0.05, 0.1) is 6.61 Å². The summed E-state index contributed by atoms with van der Waals surface area (Å²) in [6.07, 6.45) is 1.73. The second kappa shape index (κ2) is 6.54. The van der Waals surface area contributed by atoms with E-state index in [0.29, 0.717) is 42.6 Å². The Labute approximate surface area is 168 Å². The molecular weight excluding hydrogens is 376 g/mol. The number of rotatable bonds is 2. The molecule has 3 heterocycles. The Kier molecular flexibility index (Phi) is 4.11. The average Bonchev–Trinajstić information content (AvgIpc) is 3.29. The third kappa shape index (κ3) is 2.77. The third-order valence-corrected chi connectivity index (χ3v) is 6.29. The van der Waals surface area contributed by atoms with E-state index in [-0.39, 0.29) is 11.3 Å². The molecule has 0 unspecified atom stereocenters. The molecule has 28 heavy (non-hydrogen) atoms. The monoisotopic (exact) mass is 396 g/mol. The number of ether oxygens (including phenoxy) is 1. The molecular formula is C22H21ClN2O3. The van der Waals surface area contributed by atoms with Gasteiger partial charge in [0.25, 0.3) is 5.91 Å². The van der Waals surface area contributed by atoms with Gasteiger partial charge in [0.15, 0.2) is 5.76 Å². The van der Waals surface area contributed by atoms with Crippen molar-refractivity contribution < 1.29 is 13.9 Å². The number of furan rings is 1. The zero-order chi connectivity index (χ0) is 19.3. The van der Waals surface area contributed by atoms with Crippen LogP contribution in [-0.2, 0) is 12.0 Å². The van der Waals surface area contributed by atoms with Gasteiger partial charge in [-0.3, -0.25) is 4.79 Å². The van der Waals surface area contributed by atoms with Crippen molar-refractivity contribution in [1.29, 1.82) is 0 Å². The van der Waals surface area contributed by atoms with Gasteiger partial charge in [0.2, 0.25) is 0 Å². The molecule has 1 spiro atoms. The molecule has 0 saturated carbocycles. The first-order valence-electron chi connectivity index (χ1n) is 9.53. The number of carbonyl (C=O) groups excluding carboxylic acids is 1. The molecule has 2 aliphatic rings. The number of carbonyl (C=O) groups is 1. The number of piperidine rings is 1. The molecule has 144 valence electrons. The number of fused-ring (bicyclic) bond motifs is 3. The molecule has 5 nitrogen and oxygen atoms in total. The Hall–Kier alpha value is -2.50. The highest BCUT2D eigenvalue weighted by Gasteiger charge is 2.44. The Morgan fingerprint density at radius 3 is 2.75 bits per heavy atom. The summed E-state index contributed by atoms with van der Waals surface area (Å²) >= 11 is 6.03. The predicted octanol–water partition coefficient (Wildman–Crippen LogP) is 4.11. The summed E-state index contributed by atoms with van der Waals surface area (Å²) in [4.78, 5) is 14.8. The van der Waals surface area contributed by atoms with Crippen molar-refractivity contribution in [2.45, 2.75) is 24.8 Å². The maximum absolute atomic E-state index is 13.0. The number of likely N-dealkylation sites (tertiary alicyclic amines) is 1. The first-order valence-corrected chi connectivity index (χ1v) is 9.90. The number of halogens is 1. The summed E-state index contributed by atoms with van der Waals surface area (Å²) in [5, 5.41) is 1.47. The van der Waals surface area contributed by atoms with Crippen LogP contribution in [0, 0.1) is 0 Å². The first kappa shape index (κ1) is 17.6. The molecule has 1 saturated heterocycles. The van der Waals surface area contributed by atoms with Crippen molar-refractivity contribution in [2.24, 2.45) is 5.73 Å². The van der Waals surface area contributed by atoms with Crippen LogP contribution in [0.15, 0.2) is 46.9 Å². The van der Waals surface area contributed by atoms with E-state index in [9.17, 15) is 4.79 Å². The van der Waals surface area contributed by atoms with Crippen LogP contribution in [-0.4, -0.2) is 30.5 Å². The second-order valence-corrected chi connectivity index (χ2v) is 8.13. The van der Waals surface area contributed by atoms with Crippen molar-refractivity contribution in [2.75, 3.05) is 19.7 Å². The van der Waals surface area contributed by atoms with Gasteiger partial charge in [-0.15, -0.1) is 0 Å². The lowest BCUT2D eigenvalue weighted by molar-refractivity contribution is 0.0618. The molecule has 2 aliphatic heterocycles. The molecule has 3 aromatic rings. The summed E-state index contributed by atoms with van der Waals surface area (Å²) in [6.45, 7) is 2.53. The Morgan fingerprint density at radius 2 is 1.96 bits per heavy atom. The number of hydrogen-bond donors (Lipinski definition) is 1. The predicted molar refractivity (Wildman–Crippen MR) is 108 cm³/mol. The molecule has 1 aromatic heterocycles. The van der Waals surface area contributed by atoms with E-state index in [1.165, 1.54) is 5.56 Å². The zero-order valence-electron chi connectivity index (χ0n) is 15.4. The van der Waals surface area contributed by atoms with E-state index in [0.717, 1.165) is 29.5 Å². The van der Waals surface area contributed by atoms with Crippen LogP contribution in [0.25, 0.3) is 11.0 Å². The lowest BCUT2D eigenvalue weighted by Gasteiger charge is -2.38. The van der Waals surface area contributed by atoms with Crippen LogP contribution >= 0.6 is 11.6 Å².